The summed E-state index contributed by atoms with van der Waals surface area (Å²) in [5.74, 6) is 0.259. The quantitative estimate of drug-likeness (QED) is 0.500. The molecule has 7 heteroatoms. The Bertz CT molecular complexity index is 1270. The van der Waals surface area contributed by atoms with E-state index in [1.807, 2.05) is 54.4 Å². The molecule has 0 aliphatic rings. The Morgan fingerprint density at radius 2 is 1.58 bits per heavy atom. The number of benzene rings is 3. The summed E-state index contributed by atoms with van der Waals surface area (Å²) in [7, 11) is 1.91. The summed E-state index contributed by atoms with van der Waals surface area (Å²) in [6, 6.07) is 24.2. The van der Waals surface area contributed by atoms with E-state index in [9.17, 15) is 9.59 Å². The zero-order valence-corrected chi connectivity index (χ0v) is 17.7. The summed E-state index contributed by atoms with van der Waals surface area (Å²) < 4.78 is 0. The van der Waals surface area contributed by atoms with E-state index in [1.54, 1.807) is 36.4 Å². The molecule has 0 atom stereocenters. The third-order valence-corrected chi connectivity index (χ3v) is 5.17. The molecule has 0 radical (unpaired) electrons. The summed E-state index contributed by atoms with van der Waals surface area (Å²) in [5.41, 5.74) is 4.14. The van der Waals surface area contributed by atoms with Gasteiger partial charge in [0.1, 0.15) is 0 Å². The molecule has 0 saturated carbocycles. The van der Waals surface area contributed by atoms with Crippen molar-refractivity contribution in [3.05, 3.63) is 105 Å². The van der Waals surface area contributed by atoms with E-state index in [4.69, 9.17) is 11.6 Å². The minimum absolute atomic E-state index is 0.104. The van der Waals surface area contributed by atoms with Crippen molar-refractivity contribution in [3.63, 3.8) is 0 Å². The number of nitrogens with zero attached hydrogens (tertiary/aromatic N) is 3. The van der Waals surface area contributed by atoms with Gasteiger partial charge in [-0.2, -0.15) is 0 Å². The third kappa shape index (κ3) is 4.75. The van der Waals surface area contributed by atoms with Crippen LogP contribution in [0.5, 0.6) is 0 Å². The van der Waals surface area contributed by atoms with Gasteiger partial charge >= 0.3 is 0 Å². The van der Waals surface area contributed by atoms with Crippen molar-refractivity contribution in [1.82, 2.24) is 9.89 Å². The van der Waals surface area contributed by atoms with Gasteiger partial charge in [-0.1, -0.05) is 72.3 Å². The second kappa shape index (κ2) is 9.02. The largest absolute Gasteiger partial charge is 0.353 e. The molecule has 1 amide bonds. The van der Waals surface area contributed by atoms with Gasteiger partial charge < -0.3 is 4.90 Å². The van der Waals surface area contributed by atoms with Gasteiger partial charge in [-0.3, -0.25) is 9.59 Å². The van der Waals surface area contributed by atoms with Crippen molar-refractivity contribution in [2.45, 2.75) is 13.0 Å². The molecule has 156 valence electrons. The molecule has 0 bridgehead atoms. The fraction of sp³-hybridized carbons (Fsp3) is 0.125. The number of aromatic nitrogens is 2. The molecule has 0 unspecified atom stereocenters. The summed E-state index contributed by atoms with van der Waals surface area (Å²) in [5, 5.41) is 6.29. The van der Waals surface area contributed by atoms with E-state index in [2.05, 4.69) is 10.5 Å². The molecule has 4 rings (SSSR count). The van der Waals surface area contributed by atoms with E-state index in [0.717, 1.165) is 21.3 Å². The van der Waals surface area contributed by atoms with Crippen LogP contribution >= 0.6 is 11.6 Å². The number of fused-ring (bicyclic) bond motifs is 1. The third-order valence-electron chi connectivity index (χ3n) is 4.92. The molecule has 0 aliphatic heterocycles. The fourth-order valence-electron chi connectivity index (χ4n) is 3.41. The van der Waals surface area contributed by atoms with Crippen LogP contribution in [0, 0.1) is 0 Å². The van der Waals surface area contributed by atoms with Gasteiger partial charge in [-0.25, -0.2) is 5.43 Å². The lowest BCUT2D eigenvalue weighted by Crippen LogP contribution is -2.37. The number of amides is 1. The van der Waals surface area contributed by atoms with Crippen molar-refractivity contribution in [1.29, 1.82) is 0 Å². The van der Waals surface area contributed by atoms with E-state index in [-0.39, 0.29) is 17.9 Å². The summed E-state index contributed by atoms with van der Waals surface area (Å²) in [6.07, 6.45) is 0.104. The number of halogens is 1. The van der Waals surface area contributed by atoms with Crippen molar-refractivity contribution < 1.29 is 4.79 Å². The highest BCUT2D eigenvalue weighted by atomic mass is 35.5. The van der Waals surface area contributed by atoms with Crippen LogP contribution in [0.25, 0.3) is 10.8 Å². The number of anilines is 1. The fourth-order valence-corrected chi connectivity index (χ4v) is 3.53. The second-order valence-corrected chi connectivity index (χ2v) is 7.70. The Kier molecular flexibility index (Phi) is 6.00. The molecule has 0 fully saturated rings. The number of carbonyl (C=O) groups is 1. The minimum atomic E-state index is -0.378. The van der Waals surface area contributed by atoms with Gasteiger partial charge in [-0.05, 0) is 29.3 Å². The van der Waals surface area contributed by atoms with Gasteiger partial charge in [0.25, 0.3) is 5.56 Å². The Hall–Kier alpha value is -3.64. The lowest BCUT2D eigenvalue weighted by Gasteiger charge is -2.21. The van der Waals surface area contributed by atoms with E-state index in [1.165, 1.54) is 0 Å². The Labute approximate surface area is 184 Å². The number of carbonyl (C=O) groups excluding carboxylic acids is 1. The van der Waals surface area contributed by atoms with Crippen LogP contribution in [-0.4, -0.2) is 22.8 Å². The molecular formula is C24H21ClN4O2. The van der Waals surface area contributed by atoms with Gasteiger partial charge in [0, 0.05) is 24.0 Å². The first-order chi connectivity index (χ1) is 15.0. The number of nitrogens with one attached hydrogen (secondary N) is 1. The Morgan fingerprint density at radius 1 is 0.935 bits per heavy atom. The molecule has 4 aromatic rings. The topological polar surface area (TPSA) is 67.2 Å². The predicted octanol–water partition coefficient (Wildman–Crippen LogP) is 4.00. The van der Waals surface area contributed by atoms with E-state index >= 15 is 0 Å². The predicted molar refractivity (Wildman–Crippen MR) is 124 cm³/mol. The monoisotopic (exact) mass is 432 g/mol. The maximum atomic E-state index is 12.9. The molecule has 0 saturated heterocycles. The summed E-state index contributed by atoms with van der Waals surface area (Å²) in [6.45, 7) is 0.606. The van der Waals surface area contributed by atoms with Crippen molar-refractivity contribution in [3.8, 4) is 0 Å². The zero-order chi connectivity index (χ0) is 21.8. The number of hydrogen-bond acceptors (Lipinski definition) is 4. The maximum Gasteiger partial charge on any atom is 0.294 e. The van der Waals surface area contributed by atoms with Gasteiger partial charge in [0.15, 0.2) is 5.82 Å². The first-order valence-corrected chi connectivity index (χ1v) is 10.2. The van der Waals surface area contributed by atoms with Gasteiger partial charge in [0.2, 0.25) is 5.91 Å². The molecule has 1 aromatic heterocycles. The number of rotatable bonds is 6. The molecule has 31 heavy (non-hydrogen) atoms. The zero-order valence-electron chi connectivity index (χ0n) is 17.0. The highest BCUT2D eigenvalue weighted by molar-refractivity contribution is 6.30. The molecule has 1 heterocycles. The minimum Gasteiger partial charge on any atom is -0.353 e. The number of hydrogen-bond donors (Lipinski definition) is 1. The summed E-state index contributed by atoms with van der Waals surface area (Å²) >= 11 is 5.90. The molecule has 0 aliphatic carbocycles. The Balaban J connectivity index is 1.65. The first kappa shape index (κ1) is 20.6. The van der Waals surface area contributed by atoms with Crippen LogP contribution in [0.3, 0.4) is 0 Å². The van der Waals surface area contributed by atoms with Crippen LogP contribution in [0.15, 0.2) is 83.7 Å². The SMILES string of the molecule is CN(Cc1ccccc1)c1nn(NC(=O)Cc2ccc(Cl)cc2)c(=O)c2ccccc12. The molecule has 1 N–H and O–H groups in total. The van der Waals surface area contributed by atoms with Crippen molar-refractivity contribution in [2.24, 2.45) is 0 Å². The van der Waals surface area contributed by atoms with Crippen LogP contribution in [0.1, 0.15) is 11.1 Å². The van der Waals surface area contributed by atoms with Gasteiger partial charge in [0.05, 0.1) is 11.8 Å². The molecular weight excluding hydrogens is 412 g/mol. The smallest absolute Gasteiger partial charge is 0.294 e. The average molecular weight is 433 g/mol. The highest BCUT2D eigenvalue weighted by Crippen LogP contribution is 2.22. The van der Waals surface area contributed by atoms with Crippen LogP contribution < -0.4 is 15.9 Å². The summed E-state index contributed by atoms with van der Waals surface area (Å²) in [4.78, 5) is 28.5. The van der Waals surface area contributed by atoms with Crippen LogP contribution in [-0.2, 0) is 17.8 Å². The van der Waals surface area contributed by atoms with E-state index in [0.29, 0.717) is 22.8 Å². The van der Waals surface area contributed by atoms with Crippen LogP contribution in [0.2, 0.25) is 5.02 Å². The van der Waals surface area contributed by atoms with E-state index < -0.39 is 0 Å². The lowest BCUT2D eigenvalue weighted by atomic mass is 10.1. The molecule has 3 aromatic carbocycles. The normalized spacial score (nSPS) is 10.8. The highest BCUT2D eigenvalue weighted by Gasteiger charge is 2.15. The average Bonchev–Trinajstić information content (AvgIpc) is 2.78. The first-order valence-electron chi connectivity index (χ1n) is 9.83. The lowest BCUT2D eigenvalue weighted by molar-refractivity contribution is -0.116. The molecule has 0 spiro atoms. The van der Waals surface area contributed by atoms with Gasteiger partial charge in [-0.15, -0.1) is 9.89 Å². The maximum absolute atomic E-state index is 12.9. The Morgan fingerprint density at radius 3 is 2.29 bits per heavy atom. The second-order valence-electron chi connectivity index (χ2n) is 7.27. The van der Waals surface area contributed by atoms with Crippen molar-refractivity contribution in [2.75, 3.05) is 17.4 Å². The van der Waals surface area contributed by atoms with Crippen LogP contribution in [0.4, 0.5) is 5.82 Å². The standard InChI is InChI=1S/C24H21ClN4O2/c1-28(16-18-7-3-2-4-8-18)23-20-9-5-6-10-21(20)24(31)29(27-23)26-22(30)15-17-11-13-19(25)14-12-17/h2-14H,15-16H2,1H3,(H,26,30). The molecule has 6 nitrogen and oxygen atoms in total. The van der Waals surface area contributed by atoms with Crippen molar-refractivity contribution >= 4 is 34.1 Å².